The second kappa shape index (κ2) is 7.04. The van der Waals surface area contributed by atoms with Crippen LogP contribution in [0.15, 0.2) is 53.7 Å². The highest BCUT2D eigenvalue weighted by Crippen LogP contribution is 2.16. The second-order valence-electron chi connectivity index (χ2n) is 4.10. The number of halogens is 1. The van der Waals surface area contributed by atoms with Gasteiger partial charge in [0.25, 0.3) is 5.91 Å². The number of oxime groups is 1. The number of carbonyl (C=O) groups is 1. The molecule has 0 spiro atoms. The van der Waals surface area contributed by atoms with Crippen molar-refractivity contribution in [3.8, 4) is 5.75 Å². The summed E-state index contributed by atoms with van der Waals surface area (Å²) in [5.74, 6) is -0.617. The minimum Gasteiger partial charge on any atom is -0.483 e. The Morgan fingerprint density at radius 3 is 2.71 bits per heavy atom. The summed E-state index contributed by atoms with van der Waals surface area (Å²) in [4.78, 5) is 11.7. The van der Waals surface area contributed by atoms with Crippen molar-refractivity contribution in [1.29, 1.82) is 0 Å². The van der Waals surface area contributed by atoms with Gasteiger partial charge in [-0.25, -0.2) is 4.39 Å². The van der Waals surface area contributed by atoms with Gasteiger partial charge in [0.2, 0.25) is 0 Å². The molecule has 0 aromatic heterocycles. The summed E-state index contributed by atoms with van der Waals surface area (Å²) in [5, 5.41) is 13.9. The number of hydrogen-bond donors (Lipinski definition) is 2. The summed E-state index contributed by atoms with van der Waals surface area (Å²) in [6, 6.07) is 12.6. The molecule has 0 aliphatic heterocycles. The molecule has 21 heavy (non-hydrogen) atoms. The van der Waals surface area contributed by atoms with E-state index in [1.54, 1.807) is 30.3 Å². The average Bonchev–Trinajstić information content (AvgIpc) is 2.49. The summed E-state index contributed by atoms with van der Waals surface area (Å²) >= 11 is 0. The lowest BCUT2D eigenvalue weighted by Crippen LogP contribution is -2.21. The van der Waals surface area contributed by atoms with Gasteiger partial charge in [-0.3, -0.25) is 4.79 Å². The summed E-state index contributed by atoms with van der Waals surface area (Å²) in [6.45, 7) is -0.287. The van der Waals surface area contributed by atoms with Crippen LogP contribution in [0.3, 0.4) is 0 Å². The molecule has 5 nitrogen and oxygen atoms in total. The van der Waals surface area contributed by atoms with E-state index in [1.165, 1.54) is 24.4 Å². The van der Waals surface area contributed by atoms with Gasteiger partial charge in [0.05, 0.1) is 11.9 Å². The fraction of sp³-hybridized carbons (Fsp3) is 0.0667. The van der Waals surface area contributed by atoms with Crippen molar-refractivity contribution < 1.29 is 19.1 Å². The molecule has 2 aromatic rings. The average molecular weight is 288 g/mol. The largest absolute Gasteiger partial charge is 0.483 e. The van der Waals surface area contributed by atoms with Gasteiger partial charge in [-0.2, -0.15) is 0 Å². The van der Waals surface area contributed by atoms with Gasteiger partial charge >= 0.3 is 0 Å². The van der Waals surface area contributed by atoms with E-state index in [0.717, 1.165) is 0 Å². The van der Waals surface area contributed by atoms with Gasteiger partial charge in [-0.05, 0) is 24.3 Å². The summed E-state index contributed by atoms with van der Waals surface area (Å²) < 4.78 is 18.7. The lowest BCUT2D eigenvalue weighted by atomic mass is 10.2. The fourth-order valence-corrected chi connectivity index (χ4v) is 1.67. The maximum atomic E-state index is 13.4. The Bertz CT molecular complexity index is 659. The minimum absolute atomic E-state index is 0.0938. The van der Waals surface area contributed by atoms with Crippen LogP contribution < -0.4 is 10.1 Å². The Labute approximate surface area is 120 Å². The Balaban J connectivity index is 1.97. The van der Waals surface area contributed by atoms with E-state index in [0.29, 0.717) is 11.3 Å². The Kier molecular flexibility index (Phi) is 4.87. The predicted molar refractivity (Wildman–Crippen MR) is 76.3 cm³/mol. The SMILES string of the molecule is O=C(COc1ccccc1C=NO)Nc1ccccc1F. The van der Waals surface area contributed by atoms with Crippen LogP contribution in [0.1, 0.15) is 5.56 Å². The van der Waals surface area contributed by atoms with Crippen molar-refractivity contribution in [2.75, 3.05) is 11.9 Å². The van der Waals surface area contributed by atoms with Gasteiger partial charge in [0.1, 0.15) is 11.6 Å². The zero-order valence-electron chi connectivity index (χ0n) is 11.0. The van der Waals surface area contributed by atoms with Crippen LogP contribution in [0.25, 0.3) is 0 Å². The van der Waals surface area contributed by atoms with Crippen molar-refractivity contribution in [2.24, 2.45) is 5.16 Å². The number of anilines is 1. The van der Waals surface area contributed by atoms with Crippen molar-refractivity contribution in [1.82, 2.24) is 0 Å². The zero-order chi connectivity index (χ0) is 15.1. The number of nitrogens with zero attached hydrogens (tertiary/aromatic N) is 1. The second-order valence-corrected chi connectivity index (χ2v) is 4.10. The smallest absolute Gasteiger partial charge is 0.262 e. The number of para-hydroxylation sites is 2. The number of carbonyl (C=O) groups excluding carboxylic acids is 1. The van der Waals surface area contributed by atoms with Crippen LogP contribution in [0.5, 0.6) is 5.75 Å². The predicted octanol–water partition coefficient (Wildman–Crippen LogP) is 2.65. The zero-order valence-corrected chi connectivity index (χ0v) is 11.0. The monoisotopic (exact) mass is 288 g/mol. The van der Waals surface area contributed by atoms with Crippen LogP contribution in [0, 0.1) is 5.82 Å². The van der Waals surface area contributed by atoms with Crippen molar-refractivity contribution >= 4 is 17.8 Å². The molecule has 2 aromatic carbocycles. The molecular formula is C15H13FN2O3. The molecule has 0 saturated heterocycles. The van der Waals surface area contributed by atoms with Gasteiger partial charge < -0.3 is 15.3 Å². The highest BCUT2D eigenvalue weighted by atomic mass is 19.1. The maximum Gasteiger partial charge on any atom is 0.262 e. The lowest BCUT2D eigenvalue weighted by Gasteiger charge is -2.09. The summed E-state index contributed by atoms with van der Waals surface area (Å²) in [7, 11) is 0. The number of ether oxygens (including phenoxy) is 1. The normalized spacial score (nSPS) is 10.5. The number of rotatable bonds is 5. The Morgan fingerprint density at radius 1 is 1.24 bits per heavy atom. The first kappa shape index (κ1) is 14.5. The molecule has 0 fully saturated rings. The molecule has 0 unspecified atom stereocenters. The summed E-state index contributed by atoms with van der Waals surface area (Å²) in [5.41, 5.74) is 0.620. The van der Waals surface area contributed by atoms with E-state index in [2.05, 4.69) is 10.5 Å². The van der Waals surface area contributed by atoms with Crippen molar-refractivity contribution in [3.05, 3.63) is 59.9 Å². The molecule has 0 aliphatic rings. The standard InChI is InChI=1S/C15H13FN2O3/c16-12-6-2-3-7-13(12)18-15(19)10-21-14-8-4-1-5-11(14)9-17-20/h1-9,20H,10H2,(H,18,19). The first-order valence-corrected chi connectivity index (χ1v) is 6.14. The summed E-state index contributed by atoms with van der Waals surface area (Å²) in [6.07, 6.45) is 1.20. The first-order chi connectivity index (χ1) is 10.2. The molecule has 0 radical (unpaired) electrons. The molecular weight excluding hydrogens is 275 g/mol. The van der Waals surface area contributed by atoms with Gasteiger partial charge in [-0.15, -0.1) is 0 Å². The topological polar surface area (TPSA) is 70.9 Å². The third-order valence-electron chi connectivity index (χ3n) is 2.62. The van der Waals surface area contributed by atoms with Crippen molar-refractivity contribution in [2.45, 2.75) is 0 Å². The number of hydrogen-bond acceptors (Lipinski definition) is 4. The van der Waals surface area contributed by atoms with E-state index < -0.39 is 11.7 Å². The molecule has 108 valence electrons. The Hall–Kier alpha value is -2.89. The van der Waals surface area contributed by atoms with Gasteiger partial charge in [0.15, 0.2) is 6.61 Å². The van der Waals surface area contributed by atoms with Crippen LogP contribution in [0.4, 0.5) is 10.1 Å². The lowest BCUT2D eigenvalue weighted by molar-refractivity contribution is -0.118. The van der Waals surface area contributed by atoms with Crippen LogP contribution >= 0.6 is 0 Å². The molecule has 0 atom stereocenters. The molecule has 2 rings (SSSR count). The van der Waals surface area contributed by atoms with Crippen LogP contribution in [-0.2, 0) is 4.79 Å². The molecule has 0 bridgehead atoms. The number of nitrogens with one attached hydrogen (secondary N) is 1. The third-order valence-corrected chi connectivity index (χ3v) is 2.62. The van der Waals surface area contributed by atoms with E-state index >= 15 is 0 Å². The molecule has 2 N–H and O–H groups in total. The highest BCUT2D eigenvalue weighted by Gasteiger charge is 2.08. The molecule has 0 aliphatic carbocycles. The van der Waals surface area contributed by atoms with E-state index in [1.807, 2.05) is 0 Å². The molecule has 1 amide bonds. The van der Waals surface area contributed by atoms with E-state index in [4.69, 9.17) is 9.94 Å². The van der Waals surface area contributed by atoms with Crippen LogP contribution in [-0.4, -0.2) is 23.9 Å². The maximum absolute atomic E-state index is 13.4. The molecule has 0 heterocycles. The van der Waals surface area contributed by atoms with Gasteiger partial charge in [0, 0.05) is 5.56 Å². The fourth-order valence-electron chi connectivity index (χ4n) is 1.67. The van der Waals surface area contributed by atoms with E-state index in [-0.39, 0.29) is 12.3 Å². The van der Waals surface area contributed by atoms with Gasteiger partial charge in [-0.1, -0.05) is 29.4 Å². The molecule has 6 heteroatoms. The number of amides is 1. The highest BCUT2D eigenvalue weighted by molar-refractivity contribution is 5.92. The number of benzene rings is 2. The quantitative estimate of drug-likeness (QED) is 0.505. The first-order valence-electron chi connectivity index (χ1n) is 6.14. The van der Waals surface area contributed by atoms with Crippen LogP contribution in [0.2, 0.25) is 0 Å². The molecule has 0 saturated carbocycles. The van der Waals surface area contributed by atoms with Crippen molar-refractivity contribution in [3.63, 3.8) is 0 Å². The Morgan fingerprint density at radius 2 is 1.95 bits per heavy atom. The minimum atomic E-state index is -0.515. The van der Waals surface area contributed by atoms with E-state index in [9.17, 15) is 9.18 Å². The third kappa shape index (κ3) is 4.04.